The lowest BCUT2D eigenvalue weighted by atomic mass is 10.2. The minimum absolute atomic E-state index is 0.0739. The first-order chi connectivity index (χ1) is 11.0. The Labute approximate surface area is 137 Å². The summed E-state index contributed by atoms with van der Waals surface area (Å²) in [5.74, 6) is 1.56. The zero-order valence-corrected chi connectivity index (χ0v) is 14.0. The van der Waals surface area contributed by atoms with Gasteiger partial charge >= 0.3 is 0 Å². The third kappa shape index (κ3) is 4.80. The molecule has 3 N–H and O–H groups in total. The van der Waals surface area contributed by atoms with Crippen LogP contribution in [-0.2, 0) is 11.2 Å². The van der Waals surface area contributed by atoms with Crippen molar-refractivity contribution < 1.29 is 9.90 Å². The molecule has 126 valence electrons. The van der Waals surface area contributed by atoms with E-state index in [-0.39, 0.29) is 30.5 Å². The number of aromatic amines is 1. The van der Waals surface area contributed by atoms with Crippen LogP contribution in [0.15, 0.2) is 10.9 Å². The van der Waals surface area contributed by atoms with E-state index in [1.807, 2.05) is 6.26 Å². The molecule has 2 rings (SSSR count). The number of aromatic nitrogens is 4. The molecular formula is C14H21N5O3S. The largest absolute Gasteiger partial charge is 0.394 e. The van der Waals surface area contributed by atoms with Gasteiger partial charge in [0.25, 0.3) is 11.3 Å². The summed E-state index contributed by atoms with van der Waals surface area (Å²) in [6.07, 6.45) is 3.31. The number of aliphatic hydroxyl groups excluding tert-OH is 1. The van der Waals surface area contributed by atoms with Crippen molar-refractivity contribution in [2.75, 3.05) is 18.6 Å². The second-order valence-corrected chi connectivity index (χ2v) is 6.26. The molecule has 0 radical (unpaired) electrons. The fourth-order valence-electron chi connectivity index (χ4n) is 2.15. The zero-order valence-electron chi connectivity index (χ0n) is 13.2. The van der Waals surface area contributed by atoms with E-state index >= 15 is 0 Å². The van der Waals surface area contributed by atoms with Crippen molar-refractivity contribution in [2.24, 2.45) is 0 Å². The van der Waals surface area contributed by atoms with Crippen molar-refractivity contribution in [2.45, 2.75) is 32.2 Å². The van der Waals surface area contributed by atoms with Crippen molar-refractivity contribution in [1.82, 2.24) is 24.9 Å². The number of hydrogen-bond acceptors (Lipinski definition) is 6. The Hall–Kier alpha value is -1.87. The van der Waals surface area contributed by atoms with Crippen LogP contribution in [0.2, 0.25) is 0 Å². The third-order valence-electron chi connectivity index (χ3n) is 3.35. The van der Waals surface area contributed by atoms with E-state index in [9.17, 15) is 14.7 Å². The maximum absolute atomic E-state index is 11.9. The van der Waals surface area contributed by atoms with Crippen LogP contribution >= 0.6 is 11.8 Å². The Balaban J connectivity index is 1.94. The Kier molecular flexibility index (Phi) is 6.17. The van der Waals surface area contributed by atoms with Crippen LogP contribution in [0.25, 0.3) is 5.78 Å². The molecule has 23 heavy (non-hydrogen) atoms. The average Bonchev–Trinajstić information content (AvgIpc) is 2.92. The summed E-state index contributed by atoms with van der Waals surface area (Å²) in [5.41, 5.74) is 0.374. The number of aliphatic hydroxyl groups is 1. The predicted molar refractivity (Wildman–Crippen MR) is 88.7 cm³/mol. The van der Waals surface area contributed by atoms with E-state index in [0.29, 0.717) is 23.7 Å². The van der Waals surface area contributed by atoms with Gasteiger partial charge in [0.1, 0.15) is 5.82 Å². The molecule has 0 fully saturated rings. The number of nitrogens with one attached hydrogen (secondary N) is 2. The summed E-state index contributed by atoms with van der Waals surface area (Å²) in [6, 6.07) is 1.19. The lowest BCUT2D eigenvalue weighted by Gasteiger charge is -2.15. The second-order valence-electron chi connectivity index (χ2n) is 5.27. The molecule has 0 aromatic carbocycles. The lowest BCUT2D eigenvalue weighted by molar-refractivity contribution is -0.122. The Morgan fingerprint density at radius 2 is 2.30 bits per heavy atom. The number of H-pyrrole nitrogens is 1. The monoisotopic (exact) mass is 339 g/mol. The predicted octanol–water partition coefficient (Wildman–Crippen LogP) is -0.111. The molecule has 0 aliphatic rings. The molecule has 0 bridgehead atoms. The fourth-order valence-corrected chi connectivity index (χ4v) is 2.67. The van der Waals surface area contributed by atoms with E-state index in [1.165, 1.54) is 10.6 Å². The van der Waals surface area contributed by atoms with Gasteiger partial charge in [-0.25, -0.2) is 4.98 Å². The van der Waals surface area contributed by atoms with E-state index in [1.54, 1.807) is 18.7 Å². The molecule has 2 heterocycles. The summed E-state index contributed by atoms with van der Waals surface area (Å²) in [7, 11) is 0. The maximum atomic E-state index is 11.9. The van der Waals surface area contributed by atoms with Gasteiger partial charge in [-0.2, -0.15) is 21.3 Å². The summed E-state index contributed by atoms with van der Waals surface area (Å²) in [6.45, 7) is 1.66. The average molecular weight is 339 g/mol. The molecule has 0 saturated heterocycles. The standard InChI is InChI=1S/C14H21N5O3S/c1-9-7-13(22)19-14(15-9)17-11(18-19)3-4-12(21)16-10(8-20)5-6-23-2/h7,10,20H,3-6,8H2,1-2H3,(H,16,21)(H,15,17,18)/t10-/m0/s1. The number of thioether (sulfide) groups is 1. The molecule has 8 nitrogen and oxygen atoms in total. The number of carbonyl (C=O) groups excluding carboxylic acids is 1. The maximum Gasteiger partial charge on any atom is 0.274 e. The molecule has 2 aromatic heterocycles. The number of rotatable bonds is 8. The Bertz CT molecular complexity index is 727. The van der Waals surface area contributed by atoms with Crippen molar-refractivity contribution >= 4 is 23.4 Å². The van der Waals surface area contributed by atoms with Crippen LogP contribution < -0.4 is 10.9 Å². The third-order valence-corrected chi connectivity index (χ3v) is 3.99. The minimum Gasteiger partial charge on any atom is -0.394 e. The van der Waals surface area contributed by atoms with Gasteiger partial charge in [0.15, 0.2) is 0 Å². The first kappa shape index (κ1) is 17.5. The van der Waals surface area contributed by atoms with E-state index in [0.717, 1.165) is 12.2 Å². The smallest absolute Gasteiger partial charge is 0.274 e. The molecule has 2 aromatic rings. The molecular weight excluding hydrogens is 318 g/mol. The molecule has 1 amide bonds. The van der Waals surface area contributed by atoms with Gasteiger partial charge in [0.2, 0.25) is 5.91 Å². The van der Waals surface area contributed by atoms with Gasteiger partial charge in [-0.15, -0.1) is 0 Å². The normalized spacial score (nSPS) is 12.5. The summed E-state index contributed by atoms with van der Waals surface area (Å²) < 4.78 is 1.26. The molecule has 0 aliphatic heterocycles. The van der Waals surface area contributed by atoms with Crippen LogP contribution in [0.1, 0.15) is 24.4 Å². The lowest BCUT2D eigenvalue weighted by Crippen LogP contribution is -2.38. The van der Waals surface area contributed by atoms with Gasteiger partial charge in [-0.05, 0) is 25.4 Å². The highest BCUT2D eigenvalue weighted by Gasteiger charge is 2.12. The molecule has 9 heteroatoms. The van der Waals surface area contributed by atoms with Gasteiger partial charge in [-0.3, -0.25) is 14.7 Å². The van der Waals surface area contributed by atoms with Crippen LogP contribution in [0, 0.1) is 6.92 Å². The highest BCUT2D eigenvalue weighted by molar-refractivity contribution is 7.98. The number of carbonyl (C=O) groups is 1. The van der Waals surface area contributed by atoms with Crippen LogP contribution in [0.4, 0.5) is 0 Å². The quantitative estimate of drug-likeness (QED) is 0.618. The molecule has 1 atom stereocenters. The van der Waals surface area contributed by atoms with Gasteiger partial charge < -0.3 is 10.4 Å². The van der Waals surface area contributed by atoms with Crippen molar-refractivity contribution in [1.29, 1.82) is 0 Å². The summed E-state index contributed by atoms with van der Waals surface area (Å²) in [5, 5.41) is 14.9. The van der Waals surface area contributed by atoms with Crippen molar-refractivity contribution in [3.05, 3.63) is 27.9 Å². The number of amides is 1. The van der Waals surface area contributed by atoms with Crippen molar-refractivity contribution in [3.8, 4) is 0 Å². The number of nitrogens with zero attached hydrogens (tertiary/aromatic N) is 3. The molecule has 0 saturated carbocycles. The molecule has 0 spiro atoms. The van der Waals surface area contributed by atoms with Crippen LogP contribution in [0.3, 0.4) is 0 Å². The van der Waals surface area contributed by atoms with Gasteiger partial charge in [0.05, 0.1) is 12.6 Å². The van der Waals surface area contributed by atoms with E-state index in [2.05, 4.69) is 20.4 Å². The van der Waals surface area contributed by atoms with Crippen molar-refractivity contribution in [3.63, 3.8) is 0 Å². The molecule has 0 unspecified atom stereocenters. The first-order valence-electron chi connectivity index (χ1n) is 7.38. The SMILES string of the molecule is CSCC[C@@H](CO)NC(=O)CCc1nc2nc(C)cc(=O)n2[nH]1. The van der Waals surface area contributed by atoms with Crippen LogP contribution in [-0.4, -0.2) is 55.3 Å². The highest BCUT2D eigenvalue weighted by Crippen LogP contribution is 2.03. The topological polar surface area (TPSA) is 112 Å². The van der Waals surface area contributed by atoms with Crippen LogP contribution in [0.5, 0.6) is 0 Å². The second kappa shape index (κ2) is 8.11. The first-order valence-corrected chi connectivity index (χ1v) is 8.77. The minimum atomic E-state index is -0.229. The Morgan fingerprint density at radius 3 is 3.00 bits per heavy atom. The van der Waals surface area contributed by atoms with Gasteiger partial charge in [-0.1, -0.05) is 0 Å². The highest BCUT2D eigenvalue weighted by atomic mass is 32.2. The number of aryl methyl sites for hydroxylation is 2. The molecule has 0 aliphatic carbocycles. The zero-order chi connectivity index (χ0) is 16.8. The van der Waals surface area contributed by atoms with E-state index in [4.69, 9.17) is 0 Å². The number of fused-ring (bicyclic) bond motifs is 1. The van der Waals surface area contributed by atoms with E-state index < -0.39 is 0 Å². The Morgan fingerprint density at radius 1 is 1.52 bits per heavy atom. The summed E-state index contributed by atoms with van der Waals surface area (Å²) >= 11 is 1.67. The fraction of sp³-hybridized carbons (Fsp3) is 0.571. The number of hydrogen-bond donors (Lipinski definition) is 3. The summed E-state index contributed by atoms with van der Waals surface area (Å²) in [4.78, 5) is 32.1. The van der Waals surface area contributed by atoms with Gasteiger partial charge in [0, 0.05) is 24.6 Å².